The number of aromatic nitrogens is 3. The molecule has 0 amide bonds. The highest BCUT2D eigenvalue weighted by atomic mass is 32.2. The first-order chi connectivity index (χ1) is 12.0. The van der Waals surface area contributed by atoms with Crippen LogP contribution < -0.4 is 14.2 Å². The highest BCUT2D eigenvalue weighted by molar-refractivity contribution is 7.99. The lowest BCUT2D eigenvalue weighted by atomic mass is 10.3. The van der Waals surface area contributed by atoms with Gasteiger partial charge in [-0.1, -0.05) is 18.7 Å². The fourth-order valence-corrected chi connectivity index (χ4v) is 4.09. The first-order valence-electron chi connectivity index (χ1n) is 7.91. The fourth-order valence-electron chi connectivity index (χ4n) is 2.39. The number of fused-ring (bicyclic) bond motifs is 1. The first kappa shape index (κ1) is 18.0. The number of nitrogens with one attached hydrogen (secondary N) is 1. The van der Waals surface area contributed by atoms with Gasteiger partial charge in [-0.2, -0.15) is 0 Å². The predicted molar refractivity (Wildman–Crippen MR) is 93.7 cm³/mol. The number of hydrogen-bond donors (Lipinski definition) is 1. The third-order valence-electron chi connectivity index (χ3n) is 3.66. The number of benzene rings is 1. The van der Waals surface area contributed by atoms with E-state index in [0.717, 1.165) is 16.7 Å². The molecule has 0 atom stereocenters. The lowest BCUT2D eigenvalue weighted by molar-refractivity contribution is 0.171. The van der Waals surface area contributed by atoms with Crippen molar-refractivity contribution in [2.45, 2.75) is 23.4 Å². The van der Waals surface area contributed by atoms with E-state index in [9.17, 15) is 8.42 Å². The lowest BCUT2D eigenvalue weighted by Gasteiger charge is -2.18. The van der Waals surface area contributed by atoms with Crippen molar-refractivity contribution in [3.63, 3.8) is 0 Å². The number of sulfonamides is 1. The average molecular weight is 384 g/mol. The van der Waals surface area contributed by atoms with Gasteiger partial charge in [0.2, 0.25) is 10.0 Å². The fraction of sp³-hybridized carbons (Fsp3) is 0.467. The summed E-state index contributed by atoms with van der Waals surface area (Å²) in [4.78, 5) is 0.150. The third-order valence-corrected chi connectivity index (χ3v) is 6.02. The summed E-state index contributed by atoms with van der Waals surface area (Å²) in [7, 11) is -1.75. The van der Waals surface area contributed by atoms with Crippen LogP contribution in [0.15, 0.2) is 28.3 Å². The minimum Gasteiger partial charge on any atom is -0.486 e. The molecule has 25 heavy (non-hydrogen) atoms. The third kappa shape index (κ3) is 4.07. The van der Waals surface area contributed by atoms with Gasteiger partial charge >= 0.3 is 0 Å². The van der Waals surface area contributed by atoms with Gasteiger partial charge in [0, 0.05) is 26.1 Å². The van der Waals surface area contributed by atoms with Crippen molar-refractivity contribution < 1.29 is 17.9 Å². The Labute approximate surface area is 151 Å². The van der Waals surface area contributed by atoms with Crippen LogP contribution in [-0.2, 0) is 23.5 Å². The molecule has 0 spiro atoms. The second-order valence-electron chi connectivity index (χ2n) is 5.34. The summed E-state index contributed by atoms with van der Waals surface area (Å²) in [6.07, 6.45) is 0.456. The second kappa shape index (κ2) is 7.63. The van der Waals surface area contributed by atoms with Gasteiger partial charge in [-0.25, -0.2) is 13.1 Å². The Kier molecular flexibility index (Phi) is 5.50. The highest BCUT2D eigenvalue weighted by Crippen LogP contribution is 2.32. The molecule has 0 saturated carbocycles. The molecule has 0 saturated heterocycles. The van der Waals surface area contributed by atoms with Gasteiger partial charge in [0.05, 0.1) is 4.90 Å². The monoisotopic (exact) mass is 384 g/mol. The van der Waals surface area contributed by atoms with Crippen LogP contribution in [0.3, 0.4) is 0 Å². The van der Waals surface area contributed by atoms with Crippen molar-refractivity contribution in [2.24, 2.45) is 7.05 Å². The summed E-state index contributed by atoms with van der Waals surface area (Å²) >= 11 is 1.60. The maximum Gasteiger partial charge on any atom is 0.240 e. The molecule has 0 unspecified atom stereocenters. The van der Waals surface area contributed by atoms with Crippen LogP contribution in [-0.4, -0.2) is 48.7 Å². The molecule has 1 aromatic carbocycles. The molecule has 0 radical (unpaired) electrons. The molecule has 3 rings (SSSR count). The zero-order valence-electron chi connectivity index (χ0n) is 14.1. The average Bonchev–Trinajstić information content (AvgIpc) is 2.95. The zero-order valence-corrected chi connectivity index (χ0v) is 15.7. The molecule has 10 heteroatoms. The van der Waals surface area contributed by atoms with E-state index >= 15 is 0 Å². The SMILES string of the molecule is CCSc1nnc(CCNS(=O)(=O)c2ccc3c(c2)OCCO3)n1C. The molecule has 2 aromatic rings. The van der Waals surface area contributed by atoms with Crippen LogP contribution in [0.25, 0.3) is 0 Å². The van der Waals surface area contributed by atoms with Crippen LogP contribution in [0.4, 0.5) is 0 Å². The van der Waals surface area contributed by atoms with Crippen LogP contribution >= 0.6 is 11.8 Å². The Balaban J connectivity index is 1.64. The van der Waals surface area contributed by atoms with E-state index in [0.29, 0.717) is 31.1 Å². The molecular formula is C15H20N4O4S2. The van der Waals surface area contributed by atoms with Crippen molar-refractivity contribution in [2.75, 3.05) is 25.5 Å². The van der Waals surface area contributed by atoms with E-state index in [1.807, 2.05) is 18.5 Å². The van der Waals surface area contributed by atoms with Gasteiger partial charge in [0.25, 0.3) is 0 Å². The summed E-state index contributed by atoms with van der Waals surface area (Å²) in [6.45, 7) is 3.15. The van der Waals surface area contributed by atoms with E-state index in [1.165, 1.54) is 12.1 Å². The van der Waals surface area contributed by atoms with Crippen LogP contribution in [0.1, 0.15) is 12.7 Å². The molecule has 136 valence electrons. The summed E-state index contributed by atoms with van der Waals surface area (Å²) < 4.78 is 40.2. The maximum absolute atomic E-state index is 12.4. The summed E-state index contributed by atoms with van der Waals surface area (Å²) in [6, 6.07) is 4.60. The normalized spacial score (nSPS) is 13.8. The van der Waals surface area contributed by atoms with Gasteiger partial charge < -0.3 is 14.0 Å². The van der Waals surface area contributed by atoms with E-state index in [2.05, 4.69) is 14.9 Å². The zero-order chi connectivity index (χ0) is 17.9. The molecule has 0 aliphatic carbocycles. The van der Waals surface area contributed by atoms with Crippen molar-refractivity contribution in [1.29, 1.82) is 0 Å². The summed E-state index contributed by atoms with van der Waals surface area (Å²) in [5.74, 6) is 2.65. The minimum atomic E-state index is -3.63. The molecule has 8 nitrogen and oxygen atoms in total. The number of ether oxygens (including phenoxy) is 2. The van der Waals surface area contributed by atoms with Crippen LogP contribution in [0.5, 0.6) is 11.5 Å². The van der Waals surface area contributed by atoms with E-state index < -0.39 is 10.0 Å². The van der Waals surface area contributed by atoms with Gasteiger partial charge in [0.1, 0.15) is 19.0 Å². The molecule has 0 fully saturated rings. The Morgan fingerprint density at radius 3 is 2.76 bits per heavy atom. The smallest absolute Gasteiger partial charge is 0.240 e. The molecular weight excluding hydrogens is 364 g/mol. The summed E-state index contributed by atoms with van der Waals surface area (Å²) in [5, 5.41) is 9.03. The van der Waals surface area contributed by atoms with E-state index in [-0.39, 0.29) is 11.4 Å². The molecule has 1 N–H and O–H groups in total. The molecule has 2 heterocycles. The summed E-state index contributed by atoms with van der Waals surface area (Å²) in [5.41, 5.74) is 0. The Morgan fingerprint density at radius 1 is 1.24 bits per heavy atom. The number of hydrogen-bond acceptors (Lipinski definition) is 7. The minimum absolute atomic E-state index is 0.150. The molecule has 1 aliphatic heterocycles. The molecule has 1 aliphatic rings. The van der Waals surface area contributed by atoms with Gasteiger partial charge in [-0.3, -0.25) is 0 Å². The predicted octanol–water partition coefficient (Wildman–Crippen LogP) is 1.22. The first-order valence-corrected chi connectivity index (χ1v) is 10.4. The standard InChI is InChI=1S/C15H20N4O4S2/c1-3-24-15-18-17-14(19(15)2)6-7-16-25(20,21)11-4-5-12-13(10-11)23-9-8-22-12/h4-5,10,16H,3,6-9H2,1-2H3. The van der Waals surface area contributed by atoms with Gasteiger partial charge in [-0.15, -0.1) is 10.2 Å². The Morgan fingerprint density at radius 2 is 2.00 bits per heavy atom. The number of thioether (sulfide) groups is 1. The van der Waals surface area contributed by atoms with Crippen molar-refractivity contribution in [3.8, 4) is 11.5 Å². The highest BCUT2D eigenvalue weighted by Gasteiger charge is 2.19. The number of rotatable bonds is 7. The molecule has 1 aromatic heterocycles. The maximum atomic E-state index is 12.4. The molecule has 0 bridgehead atoms. The largest absolute Gasteiger partial charge is 0.486 e. The second-order valence-corrected chi connectivity index (χ2v) is 8.34. The van der Waals surface area contributed by atoms with E-state index in [4.69, 9.17) is 9.47 Å². The number of nitrogens with zero attached hydrogens (tertiary/aromatic N) is 3. The quantitative estimate of drug-likeness (QED) is 0.717. The topological polar surface area (TPSA) is 95.3 Å². The van der Waals surface area contributed by atoms with Gasteiger partial charge in [0.15, 0.2) is 16.7 Å². The van der Waals surface area contributed by atoms with Gasteiger partial charge in [-0.05, 0) is 17.9 Å². The van der Waals surface area contributed by atoms with Crippen molar-refractivity contribution in [3.05, 3.63) is 24.0 Å². The van der Waals surface area contributed by atoms with Crippen LogP contribution in [0.2, 0.25) is 0 Å². The van der Waals surface area contributed by atoms with E-state index in [1.54, 1.807) is 17.8 Å². The van der Waals surface area contributed by atoms with Crippen molar-refractivity contribution >= 4 is 21.8 Å². The Hall–Kier alpha value is -1.78. The van der Waals surface area contributed by atoms with Crippen LogP contribution in [0, 0.1) is 0 Å². The van der Waals surface area contributed by atoms with Crippen molar-refractivity contribution in [1.82, 2.24) is 19.5 Å². The Bertz CT molecular complexity index is 851. The lowest BCUT2D eigenvalue weighted by Crippen LogP contribution is -2.27.